The number of anilines is 3. The molecule has 2 nitrogen and oxygen atoms in total. The van der Waals surface area contributed by atoms with Crippen LogP contribution in [0.2, 0.25) is 0 Å². The van der Waals surface area contributed by atoms with Crippen LogP contribution in [0.3, 0.4) is 0 Å². The summed E-state index contributed by atoms with van der Waals surface area (Å²) in [6.07, 6.45) is 2.33. The zero-order valence-corrected chi connectivity index (χ0v) is 37.5. The average molecular weight is 838 g/mol. The molecular weight excluding hydrogens is 787 g/mol. The van der Waals surface area contributed by atoms with Gasteiger partial charge in [0.25, 0.3) is 0 Å². The third-order valence-corrected chi connectivity index (χ3v) is 14.8. The highest BCUT2D eigenvalue weighted by molar-refractivity contribution is 6.09. The number of furan rings is 1. The van der Waals surface area contributed by atoms with Crippen LogP contribution >= 0.6 is 0 Å². The van der Waals surface area contributed by atoms with Crippen LogP contribution < -0.4 is 4.90 Å². The first-order valence-corrected chi connectivity index (χ1v) is 23.1. The van der Waals surface area contributed by atoms with Crippen LogP contribution in [0.15, 0.2) is 217 Å². The van der Waals surface area contributed by atoms with Crippen molar-refractivity contribution in [3.8, 4) is 33.4 Å². The van der Waals surface area contributed by atoms with Crippen molar-refractivity contribution in [1.82, 2.24) is 0 Å². The van der Waals surface area contributed by atoms with Crippen LogP contribution in [-0.2, 0) is 16.2 Å². The number of para-hydroxylation sites is 3. The molecule has 65 heavy (non-hydrogen) atoms. The van der Waals surface area contributed by atoms with Gasteiger partial charge < -0.3 is 9.32 Å². The standard InChI is InChI=1S/C63H51NO/c1-61(2)37-38-62(3,4)57-39-43(33-36-55(57)61)52-40-53-49-25-14-16-29-54(49)63(44-19-8-5-9-20-44,45-21-10-6-11-22-45)56(53)41-58(52)64(46-23-12-7-13-24-46)47-34-31-42(32-35-47)48-27-18-28-51-50-26-15-17-30-59(50)65-60(48)51/h5-36,39-41H,37-38H2,1-4H3. The number of rotatable bonds is 7. The Labute approximate surface area is 382 Å². The molecule has 12 rings (SSSR count). The van der Waals surface area contributed by atoms with Crippen molar-refractivity contribution in [2.24, 2.45) is 0 Å². The fourth-order valence-electron chi connectivity index (χ4n) is 11.4. The molecule has 10 aromatic rings. The summed E-state index contributed by atoms with van der Waals surface area (Å²) in [5.74, 6) is 0. The molecule has 0 bridgehead atoms. The van der Waals surface area contributed by atoms with Crippen molar-refractivity contribution in [1.29, 1.82) is 0 Å². The number of hydrogen-bond donors (Lipinski definition) is 0. The Balaban J connectivity index is 1.14. The molecule has 0 spiro atoms. The van der Waals surface area contributed by atoms with Gasteiger partial charge in [-0.1, -0.05) is 198 Å². The average Bonchev–Trinajstić information content (AvgIpc) is 3.88. The van der Waals surface area contributed by atoms with Crippen LogP contribution in [-0.4, -0.2) is 0 Å². The summed E-state index contributed by atoms with van der Waals surface area (Å²) in [7, 11) is 0. The van der Waals surface area contributed by atoms with Crippen molar-refractivity contribution < 1.29 is 4.42 Å². The van der Waals surface area contributed by atoms with E-state index in [9.17, 15) is 0 Å². The molecule has 0 saturated heterocycles. The van der Waals surface area contributed by atoms with E-state index in [0.29, 0.717) is 0 Å². The van der Waals surface area contributed by atoms with Crippen molar-refractivity contribution >= 4 is 39.0 Å². The largest absolute Gasteiger partial charge is 0.455 e. The first-order chi connectivity index (χ1) is 31.7. The topological polar surface area (TPSA) is 16.4 Å². The predicted octanol–water partition coefficient (Wildman–Crippen LogP) is 17.1. The van der Waals surface area contributed by atoms with E-state index in [2.05, 4.69) is 239 Å². The predicted molar refractivity (Wildman–Crippen MR) is 272 cm³/mol. The highest BCUT2D eigenvalue weighted by Gasteiger charge is 2.47. The number of hydrogen-bond acceptors (Lipinski definition) is 2. The molecule has 0 fully saturated rings. The zero-order valence-electron chi connectivity index (χ0n) is 37.5. The van der Waals surface area contributed by atoms with Crippen molar-refractivity contribution in [2.75, 3.05) is 4.90 Å². The van der Waals surface area contributed by atoms with Gasteiger partial charge in [0, 0.05) is 33.3 Å². The molecule has 1 heterocycles. The van der Waals surface area contributed by atoms with E-state index in [0.717, 1.165) is 56.5 Å². The molecule has 0 amide bonds. The minimum Gasteiger partial charge on any atom is -0.455 e. The summed E-state index contributed by atoms with van der Waals surface area (Å²) in [6, 6.07) is 78.6. The second-order valence-corrected chi connectivity index (χ2v) is 19.5. The molecule has 9 aromatic carbocycles. The summed E-state index contributed by atoms with van der Waals surface area (Å²) in [5, 5.41) is 2.27. The Bertz CT molecular complexity index is 3370. The van der Waals surface area contributed by atoms with Crippen LogP contribution in [0.5, 0.6) is 0 Å². The van der Waals surface area contributed by atoms with Gasteiger partial charge in [-0.15, -0.1) is 0 Å². The van der Waals surface area contributed by atoms with E-state index in [4.69, 9.17) is 4.42 Å². The van der Waals surface area contributed by atoms with Crippen LogP contribution in [0.25, 0.3) is 55.3 Å². The summed E-state index contributed by atoms with van der Waals surface area (Å²) in [5.41, 5.74) is 19.9. The lowest BCUT2D eigenvalue weighted by Crippen LogP contribution is -2.33. The van der Waals surface area contributed by atoms with E-state index in [1.54, 1.807) is 0 Å². The Morgan fingerprint density at radius 1 is 0.385 bits per heavy atom. The number of fused-ring (bicyclic) bond motifs is 7. The van der Waals surface area contributed by atoms with Crippen molar-refractivity contribution in [2.45, 2.75) is 56.8 Å². The lowest BCUT2D eigenvalue weighted by Gasteiger charge is -2.42. The van der Waals surface area contributed by atoms with Gasteiger partial charge in [0.2, 0.25) is 0 Å². The summed E-state index contributed by atoms with van der Waals surface area (Å²) in [4.78, 5) is 2.49. The van der Waals surface area contributed by atoms with Crippen LogP contribution in [0.4, 0.5) is 17.1 Å². The fraction of sp³-hybridized carbons (Fsp3) is 0.143. The second kappa shape index (κ2) is 14.8. The smallest absolute Gasteiger partial charge is 0.143 e. The van der Waals surface area contributed by atoms with E-state index in [-0.39, 0.29) is 10.8 Å². The first-order valence-electron chi connectivity index (χ1n) is 23.1. The van der Waals surface area contributed by atoms with E-state index in [1.165, 1.54) is 62.1 Å². The molecule has 1 aromatic heterocycles. The molecule has 2 heteroatoms. The maximum atomic E-state index is 6.54. The Hall–Kier alpha value is -7.42. The van der Waals surface area contributed by atoms with Gasteiger partial charge in [0.1, 0.15) is 11.2 Å². The molecular formula is C63H51NO. The minimum absolute atomic E-state index is 0.0533. The maximum Gasteiger partial charge on any atom is 0.143 e. The Morgan fingerprint density at radius 2 is 0.954 bits per heavy atom. The normalized spacial score (nSPS) is 15.3. The van der Waals surface area contributed by atoms with Gasteiger partial charge in [0.05, 0.1) is 11.1 Å². The van der Waals surface area contributed by atoms with Crippen LogP contribution in [0.1, 0.15) is 73.9 Å². The van der Waals surface area contributed by atoms with E-state index >= 15 is 0 Å². The van der Waals surface area contributed by atoms with E-state index in [1.807, 2.05) is 6.07 Å². The zero-order chi connectivity index (χ0) is 43.9. The lowest BCUT2D eigenvalue weighted by atomic mass is 9.63. The van der Waals surface area contributed by atoms with Gasteiger partial charge in [-0.05, 0) is 122 Å². The fourth-order valence-corrected chi connectivity index (χ4v) is 11.4. The van der Waals surface area contributed by atoms with E-state index < -0.39 is 5.41 Å². The van der Waals surface area contributed by atoms with Gasteiger partial charge in [-0.3, -0.25) is 0 Å². The monoisotopic (exact) mass is 837 g/mol. The molecule has 2 aliphatic carbocycles. The summed E-state index contributed by atoms with van der Waals surface area (Å²) < 4.78 is 6.54. The second-order valence-electron chi connectivity index (χ2n) is 19.5. The SMILES string of the molecule is CC1(C)CCC(C)(C)c2cc(-c3cc4c(cc3N(c3ccccc3)c3ccc(-c5cccc6c5oc5ccccc56)cc3)C(c3ccccc3)(c3ccccc3)c3ccccc3-4)ccc21. The van der Waals surface area contributed by atoms with Gasteiger partial charge in [-0.2, -0.15) is 0 Å². The van der Waals surface area contributed by atoms with Crippen molar-refractivity contribution in [3.05, 3.63) is 246 Å². The molecule has 314 valence electrons. The molecule has 2 aliphatic rings. The van der Waals surface area contributed by atoms with Gasteiger partial charge >= 0.3 is 0 Å². The van der Waals surface area contributed by atoms with Crippen molar-refractivity contribution in [3.63, 3.8) is 0 Å². The molecule has 0 N–H and O–H groups in total. The molecule has 0 unspecified atom stereocenters. The molecule has 0 radical (unpaired) electrons. The number of nitrogens with zero attached hydrogens (tertiary/aromatic N) is 1. The highest BCUT2D eigenvalue weighted by Crippen LogP contribution is 2.59. The summed E-state index contributed by atoms with van der Waals surface area (Å²) in [6.45, 7) is 9.70. The first kappa shape index (κ1) is 39.2. The minimum atomic E-state index is -0.554. The quantitative estimate of drug-likeness (QED) is 0.159. The molecule has 0 atom stereocenters. The number of benzene rings is 9. The van der Waals surface area contributed by atoms with Crippen LogP contribution in [0, 0.1) is 0 Å². The third-order valence-electron chi connectivity index (χ3n) is 14.8. The summed E-state index contributed by atoms with van der Waals surface area (Å²) >= 11 is 0. The van der Waals surface area contributed by atoms with Gasteiger partial charge in [0.15, 0.2) is 0 Å². The maximum absolute atomic E-state index is 6.54. The molecule has 0 saturated carbocycles. The Kier molecular flexibility index (Phi) is 8.94. The highest BCUT2D eigenvalue weighted by atomic mass is 16.3. The Morgan fingerprint density at radius 3 is 1.68 bits per heavy atom. The lowest BCUT2D eigenvalue weighted by molar-refractivity contribution is 0.332. The third kappa shape index (κ3) is 6.07. The van der Waals surface area contributed by atoms with Gasteiger partial charge in [-0.25, -0.2) is 0 Å². The molecule has 0 aliphatic heterocycles.